The van der Waals surface area contributed by atoms with E-state index in [1.807, 2.05) is 66.0 Å². The molecule has 3 nitrogen and oxygen atoms in total. The summed E-state index contributed by atoms with van der Waals surface area (Å²) in [4.78, 5) is 19.0. The van der Waals surface area contributed by atoms with Crippen LogP contribution in [0.2, 0.25) is 0 Å². The third-order valence-corrected chi connectivity index (χ3v) is 7.14. The largest absolute Gasteiger partial charge is 0.301 e. The maximum Gasteiger partial charge on any atom is 0.244 e. The Morgan fingerprint density at radius 1 is 0.906 bits per heavy atom. The fraction of sp³-hybridized carbons (Fsp3) is 0.185. The number of anilines is 1. The zero-order chi connectivity index (χ0) is 22.6. The first kappa shape index (κ1) is 22.3. The lowest BCUT2D eigenvalue weighted by molar-refractivity contribution is -0.115. The van der Waals surface area contributed by atoms with Gasteiger partial charge < -0.3 is 5.32 Å². The predicted octanol–water partition coefficient (Wildman–Crippen LogP) is 7.58. The van der Waals surface area contributed by atoms with E-state index in [2.05, 4.69) is 55.3 Å². The normalized spacial score (nSPS) is 12.3. The Bertz CT molecular complexity index is 1160. The average molecular weight is 459 g/mol. The molecule has 4 aromatic rings. The van der Waals surface area contributed by atoms with Gasteiger partial charge in [0.2, 0.25) is 5.91 Å². The smallest absolute Gasteiger partial charge is 0.244 e. The summed E-state index contributed by atoms with van der Waals surface area (Å²) in [5.41, 5.74) is 4.29. The first-order valence-electron chi connectivity index (χ1n) is 10.5. The monoisotopic (exact) mass is 458 g/mol. The molecule has 32 heavy (non-hydrogen) atoms. The summed E-state index contributed by atoms with van der Waals surface area (Å²) < 4.78 is 0. The lowest BCUT2D eigenvalue weighted by Crippen LogP contribution is -2.18. The highest BCUT2D eigenvalue weighted by molar-refractivity contribution is 8.00. The van der Waals surface area contributed by atoms with Crippen molar-refractivity contribution < 1.29 is 4.79 Å². The van der Waals surface area contributed by atoms with E-state index in [0.29, 0.717) is 5.13 Å². The van der Waals surface area contributed by atoms with E-state index in [1.165, 1.54) is 16.9 Å². The molecule has 0 aliphatic carbocycles. The van der Waals surface area contributed by atoms with Crippen LogP contribution in [0, 0.1) is 0 Å². The van der Waals surface area contributed by atoms with Crippen molar-refractivity contribution in [1.29, 1.82) is 0 Å². The first-order chi connectivity index (χ1) is 15.4. The van der Waals surface area contributed by atoms with Crippen molar-refractivity contribution in [3.63, 3.8) is 0 Å². The van der Waals surface area contributed by atoms with Crippen LogP contribution in [0.25, 0.3) is 11.3 Å². The van der Waals surface area contributed by atoms with E-state index in [0.717, 1.165) is 21.7 Å². The molecule has 1 heterocycles. The van der Waals surface area contributed by atoms with Crippen molar-refractivity contribution in [3.8, 4) is 11.3 Å². The summed E-state index contributed by atoms with van der Waals surface area (Å²) in [5.74, 6) is -0.0750. The zero-order valence-electron chi connectivity index (χ0n) is 18.4. The molecule has 4 rings (SSSR count). The van der Waals surface area contributed by atoms with Gasteiger partial charge in [0, 0.05) is 15.8 Å². The summed E-state index contributed by atoms with van der Waals surface area (Å²) in [5, 5.41) is 5.27. The molecule has 162 valence electrons. The van der Waals surface area contributed by atoms with Crippen LogP contribution in [0.15, 0.2) is 95.2 Å². The second-order valence-electron chi connectivity index (χ2n) is 8.58. The van der Waals surface area contributed by atoms with E-state index in [1.54, 1.807) is 11.8 Å². The van der Waals surface area contributed by atoms with Crippen molar-refractivity contribution in [3.05, 3.63) is 101 Å². The van der Waals surface area contributed by atoms with E-state index in [-0.39, 0.29) is 16.6 Å². The van der Waals surface area contributed by atoms with Gasteiger partial charge in [-0.15, -0.1) is 23.1 Å². The molecule has 3 aromatic carbocycles. The van der Waals surface area contributed by atoms with Crippen molar-refractivity contribution in [2.45, 2.75) is 36.3 Å². The number of aromatic nitrogens is 1. The maximum absolute atomic E-state index is 13.3. The Morgan fingerprint density at radius 2 is 1.53 bits per heavy atom. The first-order valence-corrected chi connectivity index (χ1v) is 12.3. The zero-order valence-corrected chi connectivity index (χ0v) is 20.0. The molecule has 0 saturated heterocycles. The number of amides is 1. The minimum atomic E-state index is -0.364. The number of hydrogen-bond acceptors (Lipinski definition) is 4. The minimum absolute atomic E-state index is 0.0750. The van der Waals surface area contributed by atoms with Gasteiger partial charge >= 0.3 is 0 Å². The van der Waals surface area contributed by atoms with Gasteiger partial charge in [0.05, 0.1) is 5.69 Å². The number of thiazole rings is 1. The molecule has 0 aliphatic heterocycles. The van der Waals surface area contributed by atoms with Gasteiger partial charge in [-0.1, -0.05) is 93.6 Å². The Kier molecular flexibility index (Phi) is 6.77. The fourth-order valence-corrected chi connectivity index (χ4v) is 5.08. The number of rotatable bonds is 6. The molecule has 1 atom stereocenters. The van der Waals surface area contributed by atoms with Gasteiger partial charge in [-0.3, -0.25) is 4.79 Å². The van der Waals surface area contributed by atoms with Gasteiger partial charge in [0.1, 0.15) is 5.25 Å². The second-order valence-corrected chi connectivity index (χ2v) is 10.6. The highest BCUT2D eigenvalue weighted by Gasteiger charge is 2.23. The molecular weight excluding hydrogens is 432 g/mol. The number of benzene rings is 3. The topological polar surface area (TPSA) is 42.0 Å². The van der Waals surface area contributed by atoms with Crippen LogP contribution in [0.4, 0.5) is 5.13 Å². The van der Waals surface area contributed by atoms with E-state index >= 15 is 0 Å². The van der Waals surface area contributed by atoms with Gasteiger partial charge in [-0.2, -0.15) is 0 Å². The lowest BCUT2D eigenvalue weighted by atomic mass is 9.86. The number of thioether (sulfide) groups is 1. The van der Waals surface area contributed by atoms with Crippen molar-refractivity contribution in [1.82, 2.24) is 4.98 Å². The molecular formula is C27H26N2OS2. The third-order valence-electron chi connectivity index (χ3n) is 5.12. The Morgan fingerprint density at radius 3 is 2.16 bits per heavy atom. The minimum Gasteiger partial charge on any atom is -0.301 e. The summed E-state index contributed by atoms with van der Waals surface area (Å²) in [6.07, 6.45) is 0. The average Bonchev–Trinajstić information content (AvgIpc) is 3.26. The lowest BCUT2D eigenvalue weighted by Gasteiger charge is -2.18. The van der Waals surface area contributed by atoms with E-state index in [4.69, 9.17) is 0 Å². The molecule has 0 fully saturated rings. The quantitative estimate of drug-likeness (QED) is 0.303. The molecule has 0 radical (unpaired) electrons. The Hall–Kier alpha value is -2.89. The van der Waals surface area contributed by atoms with Crippen LogP contribution in [-0.4, -0.2) is 10.9 Å². The molecule has 0 saturated carbocycles. The molecule has 1 amide bonds. The SMILES string of the molecule is CC(C)(C)c1ccc(-c2csc(NC(=O)C(Sc3ccccc3)c3ccccc3)n2)cc1. The number of hydrogen-bond donors (Lipinski definition) is 1. The third kappa shape index (κ3) is 5.47. The number of carbonyl (C=O) groups is 1. The van der Waals surface area contributed by atoms with Gasteiger partial charge in [0.15, 0.2) is 5.13 Å². The number of nitrogens with one attached hydrogen (secondary N) is 1. The fourth-order valence-electron chi connectivity index (χ4n) is 3.31. The van der Waals surface area contributed by atoms with Crippen molar-refractivity contribution in [2.24, 2.45) is 0 Å². The van der Waals surface area contributed by atoms with Crippen LogP contribution in [-0.2, 0) is 10.2 Å². The summed E-state index contributed by atoms with van der Waals surface area (Å²) in [6, 6.07) is 28.4. The van der Waals surface area contributed by atoms with Gasteiger partial charge in [-0.05, 0) is 28.7 Å². The second kappa shape index (κ2) is 9.72. The molecule has 1 unspecified atom stereocenters. The maximum atomic E-state index is 13.3. The van der Waals surface area contributed by atoms with Crippen LogP contribution in [0.3, 0.4) is 0 Å². The highest BCUT2D eigenvalue weighted by Crippen LogP contribution is 2.36. The Balaban J connectivity index is 1.52. The molecule has 0 spiro atoms. The number of carbonyl (C=O) groups excluding carboxylic acids is 1. The summed E-state index contributed by atoms with van der Waals surface area (Å²) in [7, 11) is 0. The van der Waals surface area contributed by atoms with Crippen molar-refractivity contribution >= 4 is 34.1 Å². The molecule has 5 heteroatoms. The van der Waals surface area contributed by atoms with E-state index < -0.39 is 0 Å². The highest BCUT2D eigenvalue weighted by atomic mass is 32.2. The van der Waals surface area contributed by atoms with E-state index in [9.17, 15) is 4.79 Å². The summed E-state index contributed by atoms with van der Waals surface area (Å²) in [6.45, 7) is 6.61. The Labute approximate surface area is 197 Å². The standard InChI is InChI=1S/C27H26N2OS2/c1-27(2,3)21-16-14-19(15-17-21)23-18-31-26(28-23)29-25(30)24(20-10-6-4-7-11-20)32-22-12-8-5-9-13-22/h4-18,24H,1-3H3,(H,28,29,30). The van der Waals surface area contributed by atoms with Gasteiger partial charge in [-0.25, -0.2) is 4.98 Å². The molecule has 1 aromatic heterocycles. The number of nitrogens with zero attached hydrogens (tertiary/aromatic N) is 1. The molecule has 0 bridgehead atoms. The van der Waals surface area contributed by atoms with Gasteiger partial charge in [0.25, 0.3) is 0 Å². The predicted molar refractivity (Wildman–Crippen MR) is 136 cm³/mol. The summed E-state index contributed by atoms with van der Waals surface area (Å²) >= 11 is 2.99. The van der Waals surface area contributed by atoms with Crippen LogP contribution in [0.1, 0.15) is 37.1 Å². The van der Waals surface area contributed by atoms with Crippen LogP contribution < -0.4 is 5.32 Å². The van der Waals surface area contributed by atoms with Crippen LogP contribution >= 0.6 is 23.1 Å². The van der Waals surface area contributed by atoms with Crippen molar-refractivity contribution in [2.75, 3.05) is 5.32 Å². The van der Waals surface area contributed by atoms with Crippen LogP contribution in [0.5, 0.6) is 0 Å². The molecule has 0 aliphatic rings. The molecule has 1 N–H and O–H groups in total.